The van der Waals surface area contributed by atoms with Gasteiger partial charge in [0.1, 0.15) is 5.82 Å². The van der Waals surface area contributed by atoms with Crippen LogP contribution in [0.1, 0.15) is 17.0 Å². The number of H-pyrrole nitrogens is 1. The molecule has 4 heteroatoms. The second-order valence-electron chi connectivity index (χ2n) is 5.83. The van der Waals surface area contributed by atoms with E-state index in [1.165, 1.54) is 17.0 Å². The van der Waals surface area contributed by atoms with E-state index in [0.717, 1.165) is 29.0 Å². The van der Waals surface area contributed by atoms with Crippen LogP contribution in [-0.2, 0) is 6.54 Å². The zero-order valence-electron chi connectivity index (χ0n) is 13.2. The van der Waals surface area contributed by atoms with Crippen LogP contribution in [0.2, 0.25) is 0 Å². The fourth-order valence-corrected chi connectivity index (χ4v) is 3.04. The molecule has 1 N–H and O–H groups in total. The van der Waals surface area contributed by atoms with E-state index in [1.54, 1.807) is 6.20 Å². The van der Waals surface area contributed by atoms with Gasteiger partial charge in [0, 0.05) is 35.9 Å². The van der Waals surface area contributed by atoms with Gasteiger partial charge in [-0.2, -0.15) is 0 Å². The topological polar surface area (TPSA) is 46.5 Å². The van der Waals surface area contributed by atoms with Crippen molar-refractivity contribution < 1.29 is 0 Å². The molecule has 4 aromatic rings. The smallest absolute Gasteiger partial charge is 0.140 e. The second-order valence-corrected chi connectivity index (χ2v) is 5.83. The van der Waals surface area contributed by atoms with E-state index in [9.17, 15) is 0 Å². The predicted molar refractivity (Wildman–Crippen MR) is 92.3 cm³/mol. The predicted octanol–water partition coefficient (Wildman–Crippen LogP) is 4.09. The van der Waals surface area contributed by atoms with Crippen molar-refractivity contribution in [1.82, 2.24) is 19.5 Å². The molecule has 114 valence electrons. The minimum Gasteiger partial charge on any atom is -0.344 e. The third-order valence-corrected chi connectivity index (χ3v) is 4.28. The van der Waals surface area contributed by atoms with Crippen molar-refractivity contribution in [2.75, 3.05) is 0 Å². The molecule has 0 aliphatic heterocycles. The Hall–Kier alpha value is -2.88. The van der Waals surface area contributed by atoms with Crippen molar-refractivity contribution in [3.05, 3.63) is 71.8 Å². The van der Waals surface area contributed by atoms with Crippen LogP contribution in [0.25, 0.3) is 22.4 Å². The third-order valence-electron chi connectivity index (χ3n) is 4.28. The summed E-state index contributed by atoms with van der Waals surface area (Å²) < 4.78 is 2.31. The molecule has 0 bridgehead atoms. The molecule has 0 saturated heterocycles. The van der Waals surface area contributed by atoms with Gasteiger partial charge < -0.3 is 9.55 Å². The Morgan fingerprint density at radius 1 is 1.09 bits per heavy atom. The number of pyridine rings is 1. The Kier molecular flexibility index (Phi) is 3.23. The van der Waals surface area contributed by atoms with Gasteiger partial charge in [-0.15, -0.1) is 0 Å². The van der Waals surface area contributed by atoms with E-state index in [4.69, 9.17) is 4.98 Å². The molecule has 3 aromatic heterocycles. The van der Waals surface area contributed by atoms with Crippen LogP contribution in [-0.4, -0.2) is 19.5 Å². The molecule has 0 radical (unpaired) electrons. The van der Waals surface area contributed by atoms with Gasteiger partial charge in [0.2, 0.25) is 0 Å². The molecule has 0 atom stereocenters. The second kappa shape index (κ2) is 5.39. The zero-order valence-corrected chi connectivity index (χ0v) is 13.2. The summed E-state index contributed by atoms with van der Waals surface area (Å²) in [4.78, 5) is 12.3. The van der Waals surface area contributed by atoms with E-state index in [0.29, 0.717) is 0 Å². The average molecular weight is 302 g/mol. The highest BCUT2D eigenvalue weighted by Crippen LogP contribution is 2.27. The lowest BCUT2D eigenvalue weighted by Gasteiger charge is -2.09. The Balaban J connectivity index is 1.77. The Bertz CT molecular complexity index is 931. The number of benzene rings is 1. The monoisotopic (exact) mass is 302 g/mol. The van der Waals surface area contributed by atoms with Crippen LogP contribution in [0.5, 0.6) is 0 Å². The molecule has 0 aliphatic rings. The standard InChI is InChI=1S/C19H18N4/c1-13-10-16(19-21-17-7-3-4-8-18(17)22-19)14(2)23(13)12-15-6-5-9-20-11-15/h3-11H,12H2,1-2H3,(H,21,22). The molecule has 0 spiro atoms. The van der Waals surface area contributed by atoms with E-state index >= 15 is 0 Å². The summed E-state index contributed by atoms with van der Waals surface area (Å²) in [5.41, 5.74) is 6.86. The molecule has 1 aromatic carbocycles. The van der Waals surface area contributed by atoms with Crippen molar-refractivity contribution in [3.8, 4) is 11.4 Å². The molecule has 0 amide bonds. The van der Waals surface area contributed by atoms with Gasteiger partial charge in [-0.05, 0) is 43.7 Å². The summed E-state index contributed by atoms with van der Waals surface area (Å²) in [7, 11) is 0. The van der Waals surface area contributed by atoms with Crippen LogP contribution in [0, 0.1) is 13.8 Å². The lowest BCUT2D eigenvalue weighted by Crippen LogP contribution is -2.04. The fraction of sp³-hybridized carbons (Fsp3) is 0.158. The quantitative estimate of drug-likeness (QED) is 0.619. The van der Waals surface area contributed by atoms with E-state index < -0.39 is 0 Å². The molecular formula is C19H18N4. The molecule has 4 rings (SSSR count). The van der Waals surface area contributed by atoms with Crippen LogP contribution < -0.4 is 0 Å². The molecule has 23 heavy (non-hydrogen) atoms. The summed E-state index contributed by atoms with van der Waals surface area (Å²) in [6.45, 7) is 5.10. The number of nitrogens with one attached hydrogen (secondary N) is 1. The average Bonchev–Trinajstić information content (AvgIpc) is 3.12. The molecular weight excluding hydrogens is 284 g/mol. The number of imidazole rings is 1. The number of nitrogens with zero attached hydrogens (tertiary/aromatic N) is 3. The highest BCUT2D eigenvalue weighted by Gasteiger charge is 2.14. The largest absolute Gasteiger partial charge is 0.344 e. The van der Waals surface area contributed by atoms with Crippen molar-refractivity contribution in [3.63, 3.8) is 0 Å². The summed E-state index contributed by atoms with van der Waals surface area (Å²) in [6, 6.07) is 14.4. The number of fused-ring (bicyclic) bond motifs is 1. The van der Waals surface area contributed by atoms with Gasteiger partial charge in [0.05, 0.1) is 11.0 Å². The zero-order chi connectivity index (χ0) is 15.8. The Morgan fingerprint density at radius 3 is 2.74 bits per heavy atom. The number of aryl methyl sites for hydroxylation is 1. The van der Waals surface area contributed by atoms with E-state index in [-0.39, 0.29) is 0 Å². The highest BCUT2D eigenvalue weighted by molar-refractivity contribution is 5.79. The number of para-hydroxylation sites is 2. The van der Waals surface area contributed by atoms with Gasteiger partial charge >= 0.3 is 0 Å². The summed E-state index contributed by atoms with van der Waals surface area (Å²) >= 11 is 0. The van der Waals surface area contributed by atoms with Gasteiger partial charge in [-0.3, -0.25) is 4.98 Å². The third kappa shape index (κ3) is 2.42. The first-order chi connectivity index (χ1) is 11.2. The maximum Gasteiger partial charge on any atom is 0.140 e. The minimum absolute atomic E-state index is 0.825. The SMILES string of the molecule is Cc1cc(-c2nc3ccccc3[nH]2)c(C)n1Cc1cccnc1. The first-order valence-electron chi connectivity index (χ1n) is 7.73. The first-order valence-corrected chi connectivity index (χ1v) is 7.73. The molecule has 0 fully saturated rings. The van der Waals surface area contributed by atoms with Crippen LogP contribution in [0.3, 0.4) is 0 Å². The highest BCUT2D eigenvalue weighted by atomic mass is 15.0. The van der Waals surface area contributed by atoms with Crippen LogP contribution in [0.15, 0.2) is 54.9 Å². The van der Waals surface area contributed by atoms with Crippen molar-refractivity contribution in [1.29, 1.82) is 0 Å². The molecule has 0 saturated carbocycles. The normalized spacial score (nSPS) is 11.2. The van der Waals surface area contributed by atoms with Crippen molar-refractivity contribution in [2.45, 2.75) is 20.4 Å². The van der Waals surface area contributed by atoms with Gasteiger partial charge in [-0.1, -0.05) is 18.2 Å². The Morgan fingerprint density at radius 2 is 1.96 bits per heavy atom. The summed E-state index contributed by atoms with van der Waals surface area (Å²) in [6.07, 6.45) is 3.72. The van der Waals surface area contributed by atoms with E-state index in [2.05, 4.69) is 46.6 Å². The molecule has 0 aliphatic carbocycles. The summed E-state index contributed by atoms with van der Waals surface area (Å²) in [5.74, 6) is 0.928. The number of aromatic nitrogens is 4. The van der Waals surface area contributed by atoms with Crippen molar-refractivity contribution >= 4 is 11.0 Å². The first kappa shape index (κ1) is 13.8. The van der Waals surface area contributed by atoms with Crippen molar-refractivity contribution in [2.24, 2.45) is 0 Å². The minimum atomic E-state index is 0.825. The van der Waals surface area contributed by atoms with E-state index in [1.807, 2.05) is 30.5 Å². The van der Waals surface area contributed by atoms with Crippen LogP contribution >= 0.6 is 0 Å². The van der Waals surface area contributed by atoms with Gasteiger partial charge in [-0.25, -0.2) is 4.98 Å². The fourth-order valence-electron chi connectivity index (χ4n) is 3.04. The maximum atomic E-state index is 4.72. The molecule has 3 heterocycles. The lowest BCUT2D eigenvalue weighted by atomic mass is 10.2. The number of aromatic amines is 1. The maximum absolute atomic E-state index is 4.72. The molecule has 0 unspecified atom stereocenters. The molecule has 4 nitrogen and oxygen atoms in total. The lowest BCUT2D eigenvalue weighted by molar-refractivity contribution is 0.747. The number of rotatable bonds is 3. The van der Waals surface area contributed by atoms with Crippen LogP contribution in [0.4, 0.5) is 0 Å². The Labute approximate surface area is 134 Å². The summed E-state index contributed by atoms with van der Waals surface area (Å²) in [5, 5.41) is 0. The number of hydrogen-bond acceptors (Lipinski definition) is 2. The van der Waals surface area contributed by atoms with Gasteiger partial charge in [0.15, 0.2) is 0 Å². The van der Waals surface area contributed by atoms with Gasteiger partial charge in [0.25, 0.3) is 0 Å². The number of hydrogen-bond donors (Lipinski definition) is 1.